The second-order valence-electron chi connectivity index (χ2n) is 7.49. The van der Waals surface area contributed by atoms with Gasteiger partial charge in [0.1, 0.15) is 5.75 Å². The molecular formula is C22H37N3O3. The van der Waals surface area contributed by atoms with Gasteiger partial charge >= 0.3 is 0 Å². The Balaban J connectivity index is 1.98. The number of ether oxygens (including phenoxy) is 3. The fourth-order valence-corrected chi connectivity index (χ4v) is 3.68. The molecule has 1 aliphatic rings. The molecule has 0 unspecified atom stereocenters. The molecule has 6 heteroatoms. The zero-order valence-corrected chi connectivity index (χ0v) is 17.8. The van der Waals surface area contributed by atoms with E-state index in [9.17, 15) is 0 Å². The molecule has 2 N–H and O–H groups in total. The minimum Gasteiger partial charge on any atom is -0.493 e. The van der Waals surface area contributed by atoms with Crippen LogP contribution in [0.15, 0.2) is 29.3 Å². The summed E-state index contributed by atoms with van der Waals surface area (Å²) in [6.45, 7) is 5.90. The van der Waals surface area contributed by atoms with Gasteiger partial charge in [0.15, 0.2) is 5.96 Å². The van der Waals surface area contributed by atoms with Crippen molar-refractivity contribution < 1.29 is 14.2 Å². The van der Waals surface area contributed by atoms with Gasteiger partial charge in [-0.1, -0.05) is 18.9 Å². The Labute approximate surface area is 170 Å². The summed E-state index contributed by atoms with van der Waals surface area (Å²) in [6, 6.07) is 8.01. The third-order valence-electron chi connectivity index (χ3n) is 5.28. The number of nitrogens with one attached hydrogen (secondary N) is 2. The number of nitrogens with zero attached hydrogens (tertiary/aromatic N) is 1. The molecule has 0 saturated heterocycles. The van der Waals surface area contributed by atoms with Crippen LogP contribution in [0.2, 0.25) is 0 Å². The summed E-state index contributed by atoms with van der Waals surface area (Å²) in [5.41, 5.74) is 1.26. The smallest absolute Gasteiger partial charge is 0.195 e. The molecule has 0 spiro atoms. The van der Waals surface area contributed by atoms with Crippen LogP contribution in [0.4, 0.5) is 5.69 Å². The summed E-state index contributed by atoms with van der Waals surface area (Å²) < 4.78 is 16.2. The number of benzene rings is 1. The molecule has 158 valence electrons. The van der Waals surface area contributed by atoms with Gasteiger partial charge < -0.3 is 24.8 Å². The van der Waals surface area contributed by atoms with Crippen LogP contribution in [-0.2, 0) is 9.47 Å². The quantitative estimate of drug-likeness (QED) is 0.319. The molecule has 28 heavy (non-hydrogen) atoms. The average molecular weight is 392 g/mol. The number of aliphatic imine (C=N–C) groups is 1. The number of hydrogen-bond donors (Lipinski definition) is 2. The number of hydrogen-bond acceptors (Lipinski definition) is 4. The van der Waals surface area contributed by atoms with Crippen molar-refractivity contribution in [3.63, 3.8) is 0 Å². The first kappa shape index (κ1) is 22.5. The standard InChI is InChI=1S/C22H37N3O3/c1-4-23-21(24-18-22(13-16-27-3)11-5-6-12-22)25-19-9-7-10-20(17-19)28-15-8-14-26-2/h7,9-10,17H,4-6,8,11-16,18H2,1-3H3,(H2,23,24,25). The van der Waals surface area contributed by atoms with Crippen LogP contribution in [0.5, 0.6) is 5.75 Å². The van der Waals surface area contributed by atoms with Gasteiger partial charge in [0.25, 0.3) is 0 Å². The molecular weight excluding hydrogens is 354 g/mol. The van der Waals surface area contributed by atoms with Gasteiger partial charge in [-0.15, -0.1) is 0 Å². The first-order valence-corrected chi connectivity index (χ1v) is 10.5. The Bertz CT molecular complexity index is 586. The average Bonchev–Trinajstić information content (AvgIpc) is 3.18. The molecule has 1 fully saturated rings. The minimum atomic E-state index is 0.282. The van der Waals surface area contributed by atoms with E-state index in [0.29, 0.717) is 13.2 Å². The van der Waals surface area contributed by atoms with E-state index in [1.54, 1.807) is 14.2 Å². The largest absolute Gasteiger partial charge is 0.493 e. The molecule has 0 aromatic heterocycles. The Morgan fingerprint density at radius 3 is 2.61 bits per heavy atom. The van der Waals surface area contributed by atoms with Crippen molar-refractivity contribution in [3.8, 4) is 5.75 Å². The Kier molecular flexibility index (Phi) is 10.1. The summed E-state index contributed by atoms with van der Waals surface area (Å²) in [5.74, 6) is 1.67. The van der Waals surface area contributed by atoms with Gasteiger partial charge in [0.05, 0.1) is 6.61 Å². The Morgan fingerprint density at radius 1 is 1.11 bits per heavy atom. The van der Waals surface area contributed by atoms with Gasteiger partial charge in [-0.2, -0.15) is 0 Å². The Hall–Kier alpha value is -1.79. The van der Waals surface area contributed by atoms with E-state index < -0.39 is 0 Å². The van der Waals surface area contributed by atoms with Crippen molar-refractivity contribution in [1.29, 1.82) is 0 Å². The van der Waals surface area contributed by atoms with Crippen molar-refractivity contribution in [1.82, 2.24) is 5.32 Å². The summed E-state index contributed by atoms with van der Waals surface area (Å²) in [7, 11) is 3.49. The highest BCUT2D eigenvalue weighted by atomic mass is 16.5. The molecule has 1 saturated carbocycles. The van der Waals surface area contributed by atoms with E-state index in [1.165, 1.54) is 25.7 Å². The van der Waals surface area contributed by atoms with Crippen LogP contribution in [0.25, 0.3) is 0 Å². The van der Waals surface area contributed by atoms with E-state index in [2.05, 4.69) is 17.6 Å². The highest BCUT2D eigenvalue weighted by Gasteiger charge is 2.33. The minimum absolute atomic E-state index is 0.282. The second kappa shape index (κ2) is 12.6. The predicted molar refractivity (Wildman–Crippen MR) is 115 cm³/mol. The molecule has 1 aliphatic carbocycles. The van der Waals surface area contributed by atoms with Crippen LogP contribution in [0.3, 0.4) is 0 Å². The second-order valence-corrected chi connectivity index (χ2v) is 7.49. The molecule has 1 aromatic carbocycles. The maximum Gasteiger partial charge on any atom is 0.195 e. The highest BCUT2D eigenvalue weighted by Crippen LogP contribution is 2.41. The van der Waals surface area contributed by atoms with E-state index >= 15 is 0 Å². The molecule has 0 heterocycles. The van der Waals surface area contributed by atoms with E-state index in [0.717, 1.165) is 49.9 Å². The van der Waals surface area contributed by atoms with Crippen LogP contribution >= 0.6 is 0 Å². The lowest BCUT2D eigenvalue weighted by Gasteiger charge is -2.27. The molecule has 0 atom stereocenters. The van der Waals surface area contributed by atoms with Crippen molar-refractivity contribution in [2.75, 3.05) is 52.4 Å². The predicted octanol–water partition coefficient (Wildman–Crippen LogP) is 4.08. The maximum atomic E-state index is 5.80. The van der Waals surface area contributed by atoms with E-state index in [1.807, 2.05) is 24.3 Å². The zero-order valence-electron chi connectivity index (χ0n) is 17.8. The van der Waals surface area contributed by atoms with Crippen LogP contribution in [-0.4, -0.2) is 53.1 Å². The monoisotopic (exact) mass is 391 g/mol. The fraction of sp³-hybridized carbons (Fsp3) is 0.682. The maximum absolute atomic E-state index is 5.80. The van der Waals surface area contributed by atoms with Crippen molar-refractivity contribution in [3.05, 3.63) is 24.3 Å². The van der Waals surface area contributed by atoms with Gasteiger partial charge in [-0.25, -0.2) is 0 Å². The van der Waals surface area contributed by atoms with Gasteiger partial charge in [-0.05, 0) is 43.7 Å². The van der Waals surface area contributed by atoms with Crippen molar-refractivity contribution >= 4 is 11.6 Å². The molecule has 1 aromatic rings. The fourth-order valence-electron chi connectivity index (χ4n) is 3.68. The SMILES string of the molecule is CCNC(=NCC1(CCOC)CCCC1)Nc1cccc(OCCCOC)c1. The lowest BCUT2D eigenvalue weighted by molar-refractivity contribution is 0.141. The lowest BCUT2D eigenvalue weighted by Crippen LogP contribution is -2.33. The third-order valence-corrected chi connectivity index (χ3v) is 5.28. The zero-order chi connectivity index (χ0) is 20.1. The van der Waals surface area contributed by atoms with Crippen LogP contribution in [0, 0.1) is 5.41 Å². The van der Waals surface area contributed by atoms with Gasteiger partial charge in [0.2, 0.25) is 0 Å². The summed E-state index contributed by atoms with van der Waals surface area (Å²) in [5, 5.41) is 6.78. The normalized spacial score (nSPS) is 16.2. The van der Waals surface area contributed by atoms with Crippen molar-refractivity contribution in [2.24, 2.45) is 10.4 Å². The van der Waals surface area contributed by atoms with E-state index in [-0.39, 0.29) is 5.41 Å². The van der Waals surface area contributed by atoms with E-state index in [4.69, 9.17) is 19.2 Å². The molecule has 0 amide bonds. The summed E-state index contributed by atoms with van der Waals surface area (Å²) >= 11 is 0. The molecule has 2 rings (SSSR count). The molecule has 0 bridgehead atoms. The summed E-state index contributed by atoms with van der Waals surface area (Å²) in [6.07, 6.45) is 7.03. The van der Waals surface area contributed by atoms with Gasteiger partial charge in [-0.3, -0.25) is 4.99 Å². The van der Waals surface area contributed by atoms with Crippen LogP contribution < -0.4 is 15.4 Å². The number of rotatable bonds is 12. The van der Waals surface area contributed by atoms with Crippen LogP contribution in [0.1, 0.15) is 45.4 Å². The molecule has 0 radical (unpaired) electrons. The highest BCUT2D eigenvalue weighted by molar-refractivity contribution is 5.93. The number of methoxy groups -OCH3 is 2. The molecule has 6 nitrogen and oxygen atoms in total. The van der Waals surface area contributed by atoms with Crippen molar-refractivity contribution in [2.45, 2.75) is 45.4 Å². The lowest BCUT2D eigenvalue weighted by atomic mass is 9.83. The first-order valence-electron chi connectivity index (χ1n) is 10.5. The van der Waals surface area contributed by atoms with Gasteiger partial charge in [0, 0.05) is 58.7 Å². The number of guanidine groups is 1. The first-order chi connectivity index (χ1) is 13.7. The molecule has 0 aliphatic heterocycles. The number of anilines is 1. The summed E-state index contributed by atoms with van der Waals surface area (Å²) in [4.78, 5) is 4.91. The Morgan fingerprint density at radius 2 is 1.89 bits per heavy atom. The third kappa shape index (κ3) is 7.68. The topological polar surface area (TPSA) is 64.1 Å².